The van der Waals surface area contributed by atoms with Gasteiger partial charge >= 0.3 is 0 Å². The van der Waals surface area contributed by atoms with Crippen LogP contribution in [0.4, 0.5) is 0 Å². The summed E-state index contributed by atoms with van der Waals surface area (Å²) in [4.78, 5) is 10.1. The van der Waals surface area contributed by atoms with E-state index >= 15 is 0 Å². The fourth-order valence-corrected chi connectivity index (χ4v) is 7.66. The predicted molar refractivity (Wildman–Crippen MR) is 221 cm³/mol. The highest BCUT2D eigenvalue weighted by molar-refractivity contribution is 6.17. The molecule has 2 heterocycles. The van der Waals surface area contributed by atoms with Gasteiger partial charge in [0, 0.05) is 27.6 Å². The predicted octanol–water partition coefficient (Wildman–Crippen LogP) is 11.8. The standard InChI is InChI=1S/C49H34N4/c1-5-14-33(15-6-1)37-28-29-44-43(32-37)46-42(22-13-23-45(46)53(44)41-20-11-4-12-21-41)38-26-24-34-25-27-39(31-40(34)30-38)49-51-47(35-16-7-2-8-17-35)50-48(52-49)36-18-9-3-10-19-36/h1-32,47H,(H,50,51,52). The first-order valence-corrected chi connectivity index (χ1v) is 18.0. The molecule has 9 aromatic rings. The van der Waals surface area contributed by atoms with Crippen molar-refractivity contribution in [3.63, 3.8) is 0 Å². The number of nitrogens with zero attached hydrogens (tertiary/aromatic N) is 3. The molecular formula is C49H34N4. The van der Waals surface area contributed by atoms with Crippen molar-refractivity contribution < 1.29 is 0 Å². The van der Waals surface area contributed by atoms with Gasteiger partial charge in [0.15, 0.2) is 5.84 Å². The summed E-state index contributed by atoms with van der Waals surface area (Å²) in [5.74, 6) is 1.53. The summed E-state index contributed by atoms with van der Waals surface area (Å²) in [5.41, 5.74) is 11.4. The minimum atomic E-state index is -0.249. The first kappa shape index (κ1) is 30.8. The summed E-state index contributed by atoms with van der Waals surface area (Å²) >= 11 is 0. The van der Waals surface area contributed by atoms with E-state index in [-0.39, 0.29) is 6.17 Å². The topological polar surface area (TPSA) is 41.7 Å². The van der Waals surface area contributed by atoms with Gasteiger partial charge in [-0.25, -0.2) is 9.98 Å². The molecule has 1 unspecified atom stereocenters. The van der Waals surface area contributed by atoms with Gasteiger partial charge in [-0.3, -0.25) is 0 Å². The number of hydrogen-bond acceptors (Lipinski definition) is 3. The largest absolute Gasteiger partial charge is 0.344 e. The van der Waals surface area contributed by atoms with E-state index in [1.165, 1.54) is 49.4 Å². The van der Waals surface area contributed by atoms with Crippen molar-refractivity contribution in [2.75, 3.05) is 0 Å². The Hall–Kier alpha value is -7.04. The van der Waals surface area contributed by atoms with Crippen LogP contribution in [0.15, 0.2) is 204 Å². The number of nitrogens with one attached hydrogen (secondary N) is 1. The van der Waals surface area contributed by atoms with Gasteiger partial charge < -0.3 is 9.88 Å². The number of hydrogen-bond donors (Lipinski definition) is 1. The van der Waals surface area contributed by atoms with Gasteiger partial charge in [0.2, 0.25) is 0 Å². The first-order chi connectivity index (χ1) is 26.3. The average Bonchev–Trinajstić information content (AvgIpc) is 3.58. The molecule has 0 spiro atoms. The number of aromatic nitrogens is 1. The Morgan fingerprint density at radius 1 is 0.453 bits per heavy atom. The SMILES string of the molecule is c1ccc(C2=NC(c3ccccc3)NC(c3ccc4ccc(-c5cccc6c5c5cc(-c7ccccc7)ccc5n6-c5ccccc5)cc4c3)=N2)cc1. The summed E-state index contributed by atoms with van der Waals surface area (Å²) in [5, 5.41) is 8.44. The van der Waals surface area contributed by atoms with Gasteiger partial charge in [0.25, 0.3) is 0 Å². The van der Waals surface area contributed by atoms with Crippen molar-refractivity contribution in [1.29, 1.82) is 0 Å². The molecule has 0 aliphatic carbocycles. The Bertz CT molecular complexity index is 2840. The Kier molecular flexibility index (Phi) is 7.51. The van der Waals surface area contributed by atoms with E-state index in [4.69, 9.17) is 9.98 Å². The minimum absolute atomic E-state index is 0.249. The van der Waals surface area contributed by atoms with Crippen molar-refractivity contribution >= 4 is 44.2 Å². The van der Waals surface area contributed by atoms with E-state index < -0.39 is 0 Å². The Morgan fingerprint density at radius 3 is 1.85 bits per heavy atom. The Labute approximate surface area is 308 Å². The third-order valence-corrected chi connectivity index (χ3v) is 10.2. The molecule has 1 aromatic heterocycles. The number of rotatable bonds is 6. The summed E-state index contributed by atoms with van der Waals surface area (Å²) in [6.45, 7) is 0. The van der Waals surface area contributed by atoms with Gasteiger partial charge in [-0.15, -0.1) is 0 Å². The molecule has 0 amide bonds. The molecule has 10 rings (SSSR count). The van der Waals surface area contributed by atoms with Crippen molar-refractivity contribution in [2.45, 2.75) is 6.17 Å². The second-order valence-electron chi connectivity index (χ2n) is 13.5. The highest BCUT2D eigenvalue weighted by Crippen LogP contribution is 2.41. The van der Waals surface area contributed by atoms with Crippen LogP contribution in [-0.2, 0) is 0 Å². The lowest BCUT2D eigenvalue weighted by Crippen LogP contribution is -2.33. The maximum absolute atomic E-state index is 5.08. The van der Waals surface area contributed by atoms with Crippen LogP contribution in [0.3, 0.4) is 0 Å². The lowest BCUT2D eigenvalue weighted by Gasteiger charge is -2.23. The van der Waals surface area contributed by atoms with Gasteiger partial charge in [-0.1, -0.05) is 152 Å². The van der Waals surface area contributed by atoms with E-state index in [2.05, 4.69) is 180 Å². The summed E-state index contributed by atoms with van der Waals surface area (Å²) in [6.07, 6.45) is -0.249. The highest BCUT2D eigenvalue weighted by Gasteiger charge is 2.22. The molecular weight excluding hydrogens is 645 g/mol. The van der Waals surface area contributed by atoms with Crippen molar-refractivity contribution in [1.82, 2.24) is 9.88 Å². The number of fused-ring (bicyclic) bond motifs is 4. The van der Waals surface area contributed by atoms with Gasteiger partial charge in [-0.05, 0) is 81.1 Å². The zero-order valence-electron chi connectivity index (χ0n) is 28.9. The molecule has 0 saturated heterocycles. The van der Waals surface area contributed by atoms with Gasteiger partial charge in [0.05, 0.1) is 11.0 Å². The van der Waals surface area contributed by atoms with Crippen LogP contribution in [0.1, 0.15) is 22.9 Å². The second-order valence-corrected chi connectivity index (χ2v) is 13.5. The van der Waals surface area contributed by atoms with Crippen molar-refractivity contribution in [3.8, 4) is 27.9 Å². The van der Waals surface area contributed by atoms with Crippen molar-refractivity contribution in [2.24, 2.45) is 9.98 Å². The van der Waals surface area contributed by atoms with Gasteiger partial charge in [-0.2, -0.15) is 0 Å². The molecule has 8 aromatic carbocycles. The molecule has 1 aliphatic rings. The van der Waals surface area contributed by atoms with Crippen LogP contribution >= 0.6 is 0 Å². The number of para-hydroxylation sites is 1. The lowest BCUT2D eigenvalue weighted by atomic mass is 9.95. The zero-order chi connectivity index (χ0) is 35.1. The van der Waals surface area contributed by atoms with Gasteiger partial charge in [0.1, 0.15) is 12.0 Å². The molecule has 0 radical (unpaired) electrons. The molecule has 1 N–H and O–H groups in total. The van der Waals surface area contributed by atoms with Crippen LogP contribution in [0.2, 0.25) is 0 Å². The molecule has 0 saturated carbocycles. The first-order valence-electron chi connectivity index (χ1n) is 18.0. The summed E-state index contributed by atoms with van der Waals surface area (Å²) in [6, 6.07) is 68.9. The lowest BCUT2D eigenvalue weighted by molar-refractivity contribution is 0.674. The molecule has 4 heteroatoms. The number of benzene rings is 8. The van der Waals surface area contributed by atoms with E-state index in [0.29, 0.717) is 0 Å². The fraction of sp³-hybridized carbons (Fsp3) is 0.0204. The molecule has 0 bridgehead atoms. The molecule has 250 valence electrons. The third-order valence-electron chi connectivity index (χ3n) is 10.2. The summed E-state index contributed by atoms with van der Waals surface area (Å²) < 4.78 is 2.39. The molecule has 53 heavy (non-hydrogen) atoms. The Balaban J connectivity index is 1.13. The molecule has 4 nitrogen and oxygen atoms in total. The maximum atomic E-state index is 5.08. The Morgan fingerprint density at radius 2 is 1.09 bits per heavy atom. The van der Waals surface area contributed by atoms with Crippen LogP contribution in [0, 0.1) is 0 Å². The average molecular weight is 679 g/mol. The van der Waals surface area contributed by atoms with Crippen LogP contribution in [0.25, 0.3) is 60.5 Å². The maximum Gasteiger partial charge on any atom is 0.159 e. The molecule has 1 atom stereocenters. The minimum Gasteiger partial charge on any atom is -0.344 e. The van der Waals surface area contributed by atoms with Crippen LogP contribution in [0.5, 0.6) is 0 Å². The van der Waals surface area contributed by atoms with E-state index in [9.17, 15) is 0 Å². The van der Waals surface area contributed by atoms with Crippen molar-refractivity contribution in [3.05, 3.63) is 211 Å². The summed E-state index contributed by atoms with van der Waals surface area (Å²) in [7, 11) is 0. The second kappa shape index (κ2) is 12.9. The smallest absolute Gasteiger partial charge is 0.159 e. The zero-order valence-corrected chi connectivity index (χ0v) is 28.9. The van der Waals surface area contributed by atoms with Crippen LogP contribution < -0.4 is 5.32 Å². The van der Waals surface area contributed by atoms with Crippen LogP contribution in [-0.4, -0.2) is 16.2 Å². The number of aliphatic imine (C=N–C) groups is 2. The van der Waals surface area contributed by atoms with E-state index in [1.807, 2.05) is 24.3 Å². The third kappa shape index (κ3) is 5.58. The quantitative estimate of drug-likeness (QED) is 0.187. The van der Waals surface area contributed by atoms with E-state index in [1.54, 1.807) is 0 Å². The molecule has 0 fully saturated rings. The normalized spacial score (nSPS) is 14.2. The molecule has 1 aliphatic heterocycles. The van der Waals surface area contributed by atoms with E-state index in [0.717, 1.165) is 39.4 Å². The monoisotopic (exact) mass is 678 g/mol. The number of amidine groups is 2. The fourth-order valence-electron chi connectivity index (χ4n) is 7.66. The highest BCUT2D eigenvalue weighted by atomic mass is 15.2.